The van der Waals surface area contributed by atoms with E-state index < -0.39 is 41.6 Å². The maximum Gasteiger partial charge on any atom is 0.394 e. The topological polar surface area (TPSA) is 308 Å². The summed E-state index contributed by atoms with van der Waals surface area (Å²) < 4.78 is 132. The number of unbranched alkanes of at least 4 members (excludes halogenated alkanes) is 18. The fourth-order valence-electron chi connectivity index (χ4n) is 3.49. The van der Waals surface area contributed by atoms with Gasteiger partial charge in [0.05, 0.1) is 0 Å². The molecule has 280 valence electrons. The minimum atomic E-state index is -4.67. The third-order valence-electron chi connectivity index (χ3n) is 5.28. The van der Waals surface area contributed by atoms with Crippen LogP contribution in [0.2, 0.25) is 0 Å². The molecule has 21 heteroatoms. The first kappa shape index (κ1) is 53.9. The van der Waals surface area contributed by atoms with E-state index in [1.54, 1.807) is 0 Å². The van der Waals surface area contributed by atoms with Gasteiger partial charge in [0.15, 0.2) is 0 Å². The maximum atomic E-state index is 8.74. The van der Waals surface area contributed by atoms with E-state index in [0.29, 0.717) is 0 Å². The van der Waals surface area contributed by atoms with E-state index in [-0.39, 0.29) is 0 Å². The van der Waals surface area contributed by atoms with E-state index in [1.807, 2.05) is 0 Å². The lowest BCUT2D eigenvalue weighted by atomic mass is 10.1. The van der Waals surface area contributed by atoms with E-state index in [0.717, 1.165) is 13.2 Å². The lowest BCUT2D eigenvalue weighted by Gasteiger charge is -2.05. The van der Waals surface area contributed by atoms with Crippen molar-refractivity contribution in [2.75, 3.05) is 13.2 Å². The van der Waals surface area contributed by atoms with Crippen molar-refractivity contribution in [3.8, 4) is 0 Å². The van der Waals surface area contributed by atoms with Gasteiger partial charge in [-0.3, -0.25) is 36.4 Å². The van der Waals surface area contributed by atoms with Crippen LogP contribution in [0.4, 0.5) is 0 Å². The average molecular weight is 747 g/mol. The predicted octanol–water partition coefficient (Wildman–Crippen LogP) is 6.23. The smallest absolute Gasteiger partial charge is 0.381 e. The SMILES string of the molecule is CCCCCCCCCCCCOCCCCCCCCCCCC.O=S(=O)(O)O.O=S(=O)(O)O.O=S(=O)(O)O.O=S(=O)(O)O. The predicted molar refractivity (Wildman–Crippen MR) is 171 cm³/mol. The summed E-state index contributed by atoms with van der Waals surface area (Å²) in [6.45, 7) is 6.57. The summed E-state index contributed by atoms with van der Waals surface area (Å²) in [6, 6.07) is 0. The molecule has 0 spiro atoms. The fraction of sp³-hybridized carbons (Fsp3) is 1.00. The Morgan fingerprint density at radius 3 is 0.600 bits per heavy atom. The Morgan fingerprint density at radius 1 is 0.311 bits per heavy atom. The Labute approximate surface area is 271 Å². The van der Waals surface area contributed by atoms with Crippen LogP contribution in [-0.2, 0) is 46.3 Å². The van der Waals surface area contributed by atoms with E-state index in [4.69, 9.17) is 74.8 Å². The van der Waals surface area contributed by atoms with E-state index in [9.17, 15) is 0 Å². The molecule has 0 saturated carbocycles. The molecule has 0 aromatic rings. The van der Waals surface area contributed by atoms with Crippen LogP contribution in [0.25, 0.3) is 0 Å². The van der Waals surface area contributed by atoms with Crippen LogP contribution in [0.1, 0.15) is 142 Å². The van der Waals surface area contributed by atoms with Crippen molar-refractivity contribution in [3.05, 3.63) is 0 Å². The minimum Gasteiger partial charge on any atom is -0.381 e. The van der Waals surface area contributed by atoms with Gasteiger partial charge in [0, 0.05) is 13.2 Å². The molecule has 45 heavy (non-hydrogen) atoms. The minimum absolute atomic E-state index is 0.994. The molecule has 0 amide bonds. The van der Waals surface area contributed by atoms with Gasteiger partial charge < -0.3 is 4.74 Å². The van der Waals surface area contributed by atoms with Gasteiger partial charge in [0.1, 0.15) is 0 Å². The van der Waals surface area contributed by atoms with Crippen LogP contribution in [0.3, 0.4) is 0 Å². The first-order valence-electron chi connectivity index (χ1n) is 14.8. The molecule has 0 rings (SSSR count). The molecule has 0 aromatic carbocycles. The monoisotopic (exact) mass is 746 g/mol. The summed E-state index contributed by atoms with van der Waals surface area (Å²) >= 11 is 0. The zero-order chi connectivity index (χ0) is 36.3. The third-order valence-corrected chi connectivity index (χ3v) is 5.28. The van der Waals surface area contributed by atoms with Gasteiger partial charge >= 0.3 is 41.6 Å². The molecular formula is C24H58O17S4. The molecule has 0 bridgehead atoms. The van der Waals surface area contributed by atoms with Gasteiger partial charge in [0.2, 0.25) is 0 Å². The highest BCUT2D eigenvalue weighted by Gasteiger charge is 1.95. The van der Waals surface area contributed by atoms with E-state index in [1.165, 1.54) is 128 Å². The summed E-state index contributed by atoms with van der Waals surface area (Å²) in [6.07, 6.45) is 28.2. The zero-order valence-corrected chi connectivity index (χ0v) is 29.7. The Kier molecular flexibility index (Phi) is 43.5. The molecule has 0 unspecified atom stereocenters. The van der Waals surface area contributed by atoms with Crippen molar-refractivity contribution in [1.82, 2.24) is 0 Å². The highest BCUT2D eigenvalue weighted by molar-refractivity contribution is 7.80. The second-order valence-electron chi connectivity index (χ2n) is 9.77. The third kappa shape index (κ3) is 162. The molecule has 0 saturated heterocycles. The second kappa shape index (κ2) is 36.3. The summed E-state index contributed by atoms with van der Waals surface area (Å²) in [7, 11) is -18.7. The van der Waals surface area contributed by atoms with E-state index >= 15 is 0 Å². The quantitative estimate of drug-likeness (QED) is 0.0449. The van der Waals surface area contributed by atoms with Gasteiger partial charge in [-0.05, 0) is 12.8 Å². The van der Waals surface area contributed by atoms with Crippen molar-refractivity contribution >= 4 is 41.6 Å². The Bertz CT molecular complexity index is 840. The van der Waals surface area contributed by atoms with Gasteiger partial charge in [-0.2, -0.15) is 33.7 Å². The Balaban J connectivity index is -0.000000213. The first-order valence-corrected chi connectivity index (χ1v) is 20.4. The van der Waals surface area contributed by atoms with Gasteiger partial charge in [0.25, 0.3) is 0 Å². The number of hydrogen-bond donors (Lipinski definition) is 8. The summed E-state index contributed by atoms with van der Waals surface area (Å²) in [5.74, 6) is 0. The molecule has 0 atom stereocenters. The summed E-state index contributed by atoms with van der Waals surface area (Å²) in [5.41, 5.74) is 0. The molecular weight excluding hydrogens is 689 g/mol. The second-order valence-corrected chi connectivity index (χ2v) is 13.4. The highest BCUT2D eigenvalue weighted by Crippen LogP contribution is 2.12. The van der Waals surface area contributed by atoms with Crippen molar-refractivity contribution in [2.45, 2.75) is 142 Å². The van der Waals surface area contributed by atoms with Crippen molar-refractivity contribution in [3.63, 3.8) is 0 Å². The lowest BCUT2D eigenvalue weighted by Crippen LogP contribution is -1.97. The molecule has 17 nitrogen and oxygen atoms in total. The van der Waals surface area contributed by atoms with E-state index in [2.05, 4.69) is 13.8 Å². The fourth-order valence-corrected chi connectivity index (χ4v) is 3.49. The average Bonchev–Trinajstić information content (AvgIpc) is 2.81. The van der Waals surface area contributed by atoms with Crippen molar-refractivity contribution in [2.24, 2.45) is 0 Å². The maximum absolute atomic E-state index is 8.74. The van der Waals surface area contributed by atoms with Gasteiger partial charge in [-0.15, -0.1) is 0 Å². The van der Waals surface area contributed by atoms with Crippen LogP contribution < -0.4 is 0 Å². The Morgan fingerprint density at radius 2 is 0.444 bits per heavy atom. The molecule has 0 aliphatic carbocycles. The summed E-state index contributed by atoms with van der Waals surface area (Å²) in [4.78, 5) is 0. The van der Waals surface area contributed by atoms with Crippen LogP contribution >= 0.6 is 0 Å². The molecule has 0 aliphatic rings. The lowest BCUT2D eigenvalue weighted by molar-refractivity contribution is 0.125. The van der Waals surface area contributed by atoms with Crippen molar-refractivity contribution < 1.29 is 74.8 Å². The van der Waals surface area contributed by atoms with Gasteiger partial charge in [-0.25, -0.2) is 0 Å². The number of rotatable bonds is 22. The van der Waals surface area contributed by atoms with Crippen LogP contribution in [0, 0.1) is 0 Å². The number of ether oxygens (including phenoxy) is 1. The molecule has 0 aliphatic heterocycles. The van der Waals surface area contributed by atoms with Gasteiger partial charge in [-0.1, -0.05) is 129 Å². The van der Waals surface area contributed by atoms with Crippen LogP contribution in [-0.4, -0.2) is 83.3 Å². The summed E-state index contributed by atoms with van der Waals surface area (Å²) in [5, 5.41) is 0. The normalized spacial score (nSPS) is 11.4. The molecule has 0 heterocycles. The molecule has 0 aromatic heterocycles. The van der Waals surface area contributed by atoms with Crippen LogP contribution in [0.5, 0.6) is 0 Å². The Hall–Kier alpha value is -0.560. The first-order chi connectivity index (χ1) is 20.4. The molecule has 0 radical (unpaired) electrons. The van der Waals surface area contributed by atoms with Crippen LogP contribution in [0.15, 0.2) is 0 Å². The zero-order valence-electron chi connectivity index (χ0n) is 26.4. The largest absolute Gasteiger partial charge is 0.394 e. The highest BCUT2D eigenvalue weighted by atomic mass is 32.3. The molecule has 0 fully saturated rings. The molecule has 8 N–H and O–H groups in total. The standard InChI is InChI=1S/C24H50O.4H2O4S/c1-3-5-7-9-11-13-15-17-19-21-23-25-24-22-20-18-16-14-12-10-8-6-4-2;4*1-5(2,3)4/h3-24H2,1-2H3;4*(H2,1,2,3,4). The van der Waals surface area contributed by atoms with Crippen molar-refractivity contribution in [1.29, 1.82) is 0 Å². The number of hydrogen-bond acceptors (Lipinski definition) is 9.